The van der Waals surface area contributed by atoms with Crippen LogP contribution in [0.3, 0.4) is 0 Å². The van der Waals surface area contributed by atoms with E-state index in [4.69, 9.17) is 0 Å². The predicted molar refractivity (Wildman–Crippen MR) is 64.1 cm³/mol. The summed E-state index contributed by atoms with van der Waals surface area (Å²) in [5.74, 6) is 0.187. The summed E-state index contributed by atoms with van der Waals surface area (Å²) in [6, 6.07) is 7.67. The molecule has 16 heavy (non-hydrogen) atoms. The van der Waals surface area contributed by atoms with Gasteiger partial charge in [-0.3, -0.25) is 9.59 Å². The molecule has 0 atom stereocenters. The summed E-state index contributed by atoms with van der Waals surface area (Å²) in [5.41, 5.74) is 0.971. The van der Waals surface area contributed by atoms with Crippen LogP contribution in [0.5, 0.6) is 0 Å². The van der Waals surface area contributed by atoms with Crippen LogP contribution < -0.4 is 0 Å². The van der Waals surface area contributed by atoms with Crippen LogP contribution in [-0.2, 0) is 16.0 Å². The summed E-state index contributed by atoms with van der Waals surface area (Å²) >= 11 is 3.37. The number of carbonyl (C=O) groups is 2. The number of hydrogen-bond donors (Lipinski definition) is 0. The molecule has 0 aromatic heterocycles. The van der Waals surface area contributed by atoms with Crippen molar-refractivity contribution in [2.45, 2.75) is 12.8 Å². The Labute approximate surface area is 103 Å². The zero-order chi connectivity index (χ0) is 11.5. The van der Waals surface area contributed by atoms with Crippen molar-refractivity contribution in [3.63, 3.8) is 0 Å². The number of ketones is 1. The highest BCUT2D eigenvalue weighted by Gasteiger charge is 2.23. The molecule has 2 rings (SSSR count). The van der Waals surface area contributed by atoms with Crippen molar-refractivity contribution in [3.8, 4) is 0 Å². The molecule has 0 aliphatic carbocycles. The fourth-order valence-electron chi connectivity index (χ4n) is 1.78. The van der Waals surface area contributed by atoms with Gasteiger partial charge < -0.3 is 4.90 Å². The third-order valence-electron chi connectivity index (χ3n) is 2.62. The van der Waals surface area contributed by atoms with E-state index in [-0.39, 0.29) is 18.2 Å². The minimum Gasteiger partial charge on any atom is -0.335 e. The highest BCUT2D eigenvalue weighted by molar-refractivity contribution is 9.10. The third-order valence-corrected chi connectivity index (χ3v) is 3.12. The van der Waals surface area contributed by atoms with Gasteiger partial charge in [0, 0.05) is 17.4 Å². The van der Waals surface area contributed by atoms with Crippen LogP contribution in [0, 0.1) is 0 Å². The van der Waals surface area contributed by atoms with Gasteiger partial charge in [0.15, 0.2) is 5.78 Å². The number of halogens is 1. The van der Waals surface area contributed by atoms with Gasteiger partial charge in [-0.25, -0.2) is 0 Å². The Morgan fingerprint density at radius 2 is 2.25 bits per heavy atom. The van der Waals surface area contributed by atoms with Crippen LogP contribution in [0.1, 0.15) is 12.0 Å². The van der Waals surface area contributed by atoms with Gasteiger partial charge >= 0.3 is 0 Å². The van der Waals surface area contributed by atoms with Gasteiger partial charge in [0.25, 0.3) is 0 Å². The molecule has 1 aromatic carbocycles. The first-order chi connectivity index (χ1) is 7.65. The highest BCUT2D eigenvalue weighted by Crippen LogP contribution is 2.14. The maximum Gasteiger partial charge on any atom is 0.227 e. The Kier molecular flexibility index (Phi) is 3.39. The molecule has 1 fully saturated rings. The van der Waals surface area contributed by atoms with Crippen molar-refractivity contribution in [2.24, 2.45) is 0 Å². The molecule has 0 radical (unpaired) electrons. The summed E-state index contributed by atoms with van der Waals surface area (Å²) in [6.45, 7) is 0.860. The second-order valence-corrected chi connectivity index (χ2v) is 4.83. The number of Topliss-reactive ketones (excluding diaryl/α,β-unsaturated/α-hetero) is 1. The first-order valence-electron chi connectivity index (χ1n) is 5.19. The van der Waals surface area contributed by atoms with E-state index in [9.17, 15) is 9.59 Å². The lowest BCUT2D eigenvalue weighted by Gasteiger charge is -2.14. The summed E-state index contributed by atoms with van der Waals surface area (Å²) in [7, 11) is 0. The SMILES string of the molecule is O=C1CCN(C(=O)Cc2cccc(Br)c2)C1. The molecule has 1 aliphatic rings. The maximum absolute atomic E-state index is 11.8. The van der Waals surface area contributed by atoms with Crippen LogP contribution in [0.15, 0.2) is 28.7 Å². The number of hydrogen-bond acceptors (Lipinski definition) is 2. The van der Waals surface area contributed by atoms with E-state index in [2.05, 4.69) is 15.9 Å². The van der Waals surface area contributed by atoms with Crippen LogP contribution >= 0.6 is 15.9 Å². The molecule has 1 aromatic rings. The molecule has 1 saturated heterocycles. The van der Waals surface area contributed by atoms with Gasteiger partial charge in [-0.1, -0.05) is 28.1 Å². The van der Waals surface area contributed by atoms with Gasteiger partial charge in [0.1, 0.15) is 0 Å². The molecule has 4 heteroatoms. The molecule has 3 nitrogen and oxygen atoms in total. The van der Waals surface area contributed by atoms with Crippen molar-refractivity contribution >= 4 is 27.6 Å². The van der Waals surface area contributed by atoms with E-state index in [0.29, 0.717) is 19.4 Å². The Bertz CT molecular complexity index is 431. The zero-order valence-electron chi connectivity index (χ0n) is 8.78. The van der Waals surface area contributed by atoms with Gasteiger partial charge in [0.05, 0.1) is 13.0 Å². The molecular weight excluding hydrogens is 270 g/mol. The van der Waals surface area contributed by atoms with Crippen molar-refractivity contribution in [1.82, 2.24) is 4.90 Å². The molecular formula is C12H12BrNO2. The summed E-state index contributed by atoms with van der Waals surface area (Å²) in [4.78, 5) is 24.5. The molecule has 0 saturated carbocycles. The fourth-order valence-corrected chi connectivity index (χ4v) is 2.22. The van der Waals surface area contributed by atoms with E-state index in [1.54, 1.807) is 4.90 Å². The predicted octanol–water partition coefficient (Wildman–Crippen LogP) is 1.79. The van der Waals surface area contributed by atoms with E-state index in [1.807, 2.05) is 24.3 Å². The molecule has 1 heterocycles. The Hall–Kier alpha value is -1.16. The monoisotopic (exact) mass is 281 g/mol. The van der Waals surface area contributed by atoms with Crippen LogP contribution in [0.4, 0.5) is 0 Å². The Morgan fingerprint density at radius 1 is 1.44 bits per heavy atom. The molecule has 1 amide bonds. The third kappa shape index (κ3) is 2.70. The largest absolute Gasteiger partial charge is 0.335 e. The summed E-state index contributed by atoms with van der Waals surface area (Å²) in [6.07, 6.45) is 0.872. The first-order valence-corrected chi connectivity index (χ1v) is 5.98. The van der Waals surface area contributed by atoms with E-state index in [0.717, 1.165) is 10.0 Å². The van der Waals surface area contributed by atoms with Crippen molar-refractivity contribution < 1.29 is 9.59 Å². The lowest BCUT2D eigenvalue weighted by molar-refractivity contribution is -0.131. The van der Waals surface area contributed by atoms with Gasteiger partial charge in [0.2, 0.25) is 5.91 Å². The molecule has 0 spiro atoms. The van der Waals surface area contributed by atoms with E-state index in [1.165, 1.54) is 0 Å². The zero-order valence-corrected chi connectivity index (χ0v) is 10.4. The molecule has 0 bridgehead atoms. The van der Waals surface area contributed by atoms with Crippen molar-refractivity contribution in [3.05, 3.63) is 34.3 Å². The fraction of sp³-hybridized carbons (Fsp3) is 0.333. The van der Waals surface area contributed by atoms with Gasteiger partial charge in [-0.05, 0) is 17.7 Å². The van der Waals surface area contributed by atoms with Gasteiger partial charge in [-0.15, -0.1) is 0 Å². The van der Waals surface area contributed by atoms with Crippen LogP contribution in [0.25, 0.3) is 0 Å². The summed E-state index contributed by atoms with van der Waals surface area (Å²) in [5, 5.41) is 0. The molecule has 1 aliphatic heterocycles. The van der Waals surface area contributed by atoms with Crippen molar-refractivity contribution in [1.29, 1.82) is 0 Å². The summed E-state index contributed by atoms with van der Waals surface area (Å²) < 4.78 is 0.968. The highest BCUT2D eigenvalue weighted by atomic mass is 79.9. The molecule has 84 valence electrons. The average molecular weight is 282 g/mol. The Morgan fingerprint density at radius 3 is 2.88 bits per heavy atom. The number of likely N-dealkylation sites (tertiary alicyclic amines) is 1. The maximum atomic E-state index is 11.8. The first kappa shape index (κ1) is 11.3. The standard InChI is InChI=1S/C12H12BrNO2/c13-10-3-1-2-9(6-10)7-12(16)14-5-4-11(15)8-14/h1-3,6H,4-5,7-8H2. The Balaban J connectivity index is 1.99. The lowest BCUT2D eigenvalue weighted by atomic mass is 10.1. The molecule has 0 N–H and O–H groups in total. The average Bonchev–Trinajstić information content (AvgIpc) is 2.65. The van der Waals surface area contributed by atoms with Crippen molar-refractivity contribution in [2.75, 3.05) is 13.1 Å². The lowest BCUT2D eigenvalue weighted by Crippen LogP contribution is -2.30. The number of amides is 1. The van der Waals surface area contributed by atoms with Crippen LogP contribution in [0.2, 0.25) is 0 Å². The second kappa shape index (κ2) is 4.78. The minimum absolute atomic E-state index is 0.0314. The number of rotatable bonds is 2. The van der Waals surface area contributed by atoms with E-state index < -0.39 is 0 Å². The number of benzene rings is 1. The molecule has 0 unspecified atom stereocenters. The topological polar surface area (TPSA) is 37.4 Å². The number of nitrogens with zero attached hydrogens (tertiary/aromatic N) is 1. The van der Waals surface area contributed by atoms with Gasteiger partial charge in [-0.2, -0.15) is 0 Å². The normalized spacial score (nSPS) is 15.6. The van der Waals surface area contributed by atoms with E-state index >= 15 is 0 Å². The number of carbonyl (C=O) groups excluding carboxylic acids is 2. The second-order valence-electron chi connectivity index (χ2n) is 3.91. The minimum atomic E-state index is 0.0314. The quantitative estimate of drug-likeness (QED) is 0.829. The smallest absolute Gasteiger partial charge is 0.227 e. The van der Waals surface area contributed by atoms with Crippen LogP contribution in [-0.4, -0.2) is 29.7 Å².